The maximum absolute atomic E-state index is 6.37. The van der Waals surface area contributed by atoms with Gasteiger partial charge < -0.3 is 26.3 Å². The van der Waals surface area contributed by atoms with Gasteiger partial charge in [0.1, 0.15) is 12.0 Å². The molecule has 0 spiro atoms. The molecule has 0 amide bonds. The summed E-state index contributed by atoms with van der Waals surface area (Å²) < 4.78 is 11.1. The summed E-state index contributed by atoms with van der Waals surface area (Å²) >= 11 is 0. The van der Waals surface area contributed by atoms with E-state index in [-0.39, 0.29) is 6.23 Å². The molecule has 5 aromatic rings. The van der Waals surface area contributed by atoms with Crippen molar-refractivity contribution in [2.75, 3.05) is 6.61 Å². The molecular formula is C42H38N4O2. The molecule has 0 saturated carbocycles. The molecule has 0 saturated heterocycles. The maximum Gasteiger partial charge on any atom is 0.212 e. The normalized spacial score (nSPS) is 15.6. The van der Waals surface area contributed by atoms with E-state index < -0.39 is 0 Å². The molecule has 5 N–H and O–H groups in total. The number of nitrogens with one attached hydrogen (secondary N) is 1. The lowest BCUT2D eigenvalue weighted by Gasteiger charge is -2.24. The van der Waals surface area contributed by atoms with Crippen LogP contribution in [0, 0.1) is 0 Å². The third kappa shape index (κ3) is 6.20. The van der Waals surface area contributed by atoms with Crippen molar-refractivity contribution in [1.82, 2.24) is 10.3 Å². The number of benzene rings is 4. The second-order valence-corrected chi connectivity index (χ2v) is 11.8. The molecule has 1 aliphatic heterocycles. The summed E-state index contributed by atoms with van der Waals surface area (Å²) in [7, 11) is 0. The summed E-state index contributed by atoms with van der Waals surface area (Å²) in [4.78, 5) is 4.84. The Morgan fingerprint density at radius 1 is 0.896 bits per heavy atom. The second-order valence-electron chi connectivity index (χ2n) is 11.8. The van der Waals surface area contributed by atoms with Gasteiger partial charge in [0.05, 0.1) is 12.9 Å². The fourth-order valence-electron chi connectivity index (χ4n) is 6.58. The Hall–Kier alpha value is -6.01. The number of nitrogens with two attached hydrogens (primary N) is 2. The summed E-state index contributed by atoms with van der Waals surface area (Å²) in [5.74, 6) is 0. The summed E-state index contributed by atoms with van der Waals surface area (Å²) in [5.41, 5.74) is 24.2. The Kier molecular flexibility index (Phi) is 9.05. The minimum Gasteiger partial charge on any atom is -0.499 e. The van der Waals surface area contributed by atoms with Crippen LogP contribution in [0.2, 0.25) is 0 Å². The number of rotatable bonds is 10. The molecule has 2 heterocycles. The number of hydrogen-bond acceptors (Lipinski definition) is 6. The Morgan fingerprint density at radius 2 is 1.67 bits per heavy atom. The summed E-state index contributed by atoms with van der Waals surface area (Å²) in [6.07, 6.45) is 21.1. The predicted molar refractivity (Wildman–Crippen MR) is 197 cm³/mol. The molecule has 238 valence electrons. The zero-order chi connectivity index (χ0) is 32.7. The molecule has 0 fully saturated rings. The van der Waals surface area contributed by atoms with E-state index >= 15 is 0 Å². The van der Waals surface area contributed by atoms with Gasteiger partial charge in [-0.1, -0.05) is 97.1 Å². The number of aromatic nitrogens is 1. The van der Waals surface area contributed by atoms with Crippen molar-refractivity contribution in [1.29, 1.82) is 0 Å². The van der Waals surface area contributed by atoms with Crippen LogP contribution in [0.1, 0.15) is 41.5 Å². The molecule has 6 nitrogen and oxygen atoms in total. The monoisotopic (exact) mass is 630 g/mol. The minimum absolute atomic E-state index is 0.277. The molecule has 6 heteroatoms. The van der Waals surface area contributed by atoms with Crippen molar-refractivity contribution in [3.05, 3.63) is 163 Å². The van der Waals surface area contributed by atoms with Gasteiger partial charge in [-0.2, -0.15) is 0 Å². The topological polar surface area (TPSA) is 95.4 Å². The second kappa shape index (κ2) is 14.2. The van der Waals surface area contributed by atoms with Crippen LogP contribution < -0.4 is 16.8 Å². The van der Waals surface area contributed by atoms with Crippen molar-refractivity contribution in [2.45, 2.75) is 25.5 Å². The predicted octanol–water partition coefficient (Wildman–Crippen LogP) is 8.98. The first-order chi connectivity index (χ1) is 23.7. The van der Waals surface area contributed by atoms with E-state index in [0.717, 1.165) is 58.2 Å². The maximum atomic E-state index is 6.37. The van der Waals surface area contributed by atoms with Gasteiger partial charge in [0.25, 0.3) is 0 Å². The van der Waals surface area contributed by atoms with Crippen molar-refractivity contribution in [2.24, 2.45) is 11.5 Å². The van der Waals surface area contributed by atoms with Crippen molar-refractivity contribution < 1.29 is 9.47 Å². The van der Waals surface area contributed by atoms with Crippen LogP contribution in [0.25, 0.3) is 55.8 Å². The molecule has 1 unspecified atom stereocenters. The van der Waals surface area contributed by atoms with Gasteiger partial charge in [-0.3, -0.25) is 4.98 Å². The summed E-state index contributed by atoms with van der Waals surface area (Å²) in [6, 6.07) is 30.3. The summed E-state index contributed by atoms with van der Waals surface area (Å²) in [5, 5.41) is 5.50. The van der Waals surface area contributed by atoms with Gasteiger partial charge in [0.2, 0.25) is 6.23 Å². The smallest absolute Gasteiger partial charge is 0.212 e. The van der Waals surface area contributed by atoms with E-state index in [0.29, 0.717) is 6.61 Å². The third-order valence-electron chi connectivity index (χ3n) is 8.84. The van der Waals surface area contributed by atoms with Crippen LogP contribution in [0.15, 0.2) is 140 Å². The molecule has 0 radical (unpaired) electrons. The van der Waals surface area contributed by atoms with Gasteiger partial charge >= 0.3 is 0 Å². The van der Waals surface area contributed by atoms with E-state index in [9.17, 15) is 0 Å². The number of nitrogens with zero attached hydrogens (tertiary/aromatic N) is 1. The lowest BCUT2D eigenvalue weighted by molar-refractivity contribution is 0.150. The van der Waals surface area contributed by atoms with Crippen molar-refractivity contribution >= 4 is 22.4 Å². The highest BCUT2D eigenvalue weighted by Crippen LogP contribution is 2.44. The van der Waals surface area contributed by atoms with E-state index in [2.05, 4.69) is 102 Å². The van der Waals surface area contributed by atoms with Gasteiger partial charge in [0.15, 0.2) is 0 Å². The Bertz CT molecular complexity index is 2050. The lowest BCUT2D eigenvalue weighted by Crippen LogP contribution is -2.12. The number of hydrogen-bond donors (Lipinski definition) is 3. The van der Waals surface area contributed by atoms with Gasteiger partial charge in [-0.05, 0) is 92.2 Å². The molecule has 1 atom stereocenters. The molecule has 7 rings (SSSR count). The zero-order valence-corrected chi connectivity index (χ0v) is 26.7. The first-order valence-corrected chi connectivity index (χ1v) is 16.3. The average Bonchev–Trinajstić information content (AvgIpc) is 3.70. The molecule has 4 aromatic carbocycles. The van der Waals surface area contributed by atoms with Gasteiger partial charge in [-0.15, -0.1) is 0 Å². The Balaban J connectivity index is 1.37. The molecule has 0 bridgehead atoms. The van der Waals surface area contributed by atoms with Crippen LogP contribution in [-0.4, -0.2) is 11.6 Å². The number of pyridine rings is 1. The van der Waals surface area contributed by atoms with Crippen LogP contribution in [0.4, 0.5) is 0 Å². The van der Waals surface area contributed by atoms with Crippen LogP contribution in [0.3, 0.4) is 0 Å². The third-order valence-corrected chi connectivity index (χ3v) is 8.84. The largest absolute Gasteiger partial charge is 0.499 e. The van der Waals surface area contributed by atoms with Gasteiger partial charge in [-0.25, -0.2) is 0 Å². The SMILES string of the molecule is N/C=C\OCC/C=C\C(=C/N)c1c2c(c(-c3ccc(C4NC=CO4)nc3)c3cc(-c4ccc(-c5ccccc5)cc4)ccc13)CCC=C2. The first kappa shape index (κ1) is 30.6. The Labute approximate surface area is 281 Å². The zero-order valence-electron chi connectivity index (χ0n) is 26.7. The average molecular weight is 631 g/mol. The van der Waals surface area contributed by atoms with Crippen LogP contribution in [-0.2, 0) is 15.9 Å². The van der Waals surface area contributed by atoms with Crippen LogP contribution in [0.5, 0.6) is 0 Å². The first-order valence-electron chi connectivity index (χ1n) is 16.3. The van der Waals surface area contributed by atoms with Crippen LogP contribution >= 0.6 is 0 Å². The fraction of sp³-hybridized carbons (Fsp3) is 0.119. The number of fused-ring (bicyclic) bond motifs is 2. The lowest BCUT2D eigenvalue weighted by atomic mass is 9.79. The van der Waals surface area contributed by atoms with Gasteiger partial charge in [0, 0.05) is 30.4 Å². The highest BCUT2D eigenvalue weighted by atomic mass is 16.5. The van der Waals surface area contributed by atoms with E-state index in [1.807, 2.05) is 18.3 Å². The van der Waals surface area contributed by atoms with Crippen molar-refractivity contribution in [3.8, 4) is 33.4 Å². The fourth-order valence-corrected chi connectivity index (χ4v) is 6.58. The number of allylic oxidation sites excluding steroid dienone is 3. The van der Waals surface area contributed by atoms with E-state index in [1.165, 1.54) is 45.7 Å². The molecule has 2 aliphatic rings. The quantitative estimate of drug-likeness (QED) is 0.0810. The molecule has 1 aromatic heterocycles. The van der Waals surface area contributed by atoms with E-state index in [1.54, 1.807) is 18.7 Å². The molecule has 48 heavy (non-hydrogen) atoms. The molecule has 1 aliphatic carbocycles. The minimum atomic E-state index is -0.277. The highest BCUT2D eigenvalue weighted by Gasteiger charge is 2.23. The Morgan fingerprint density at radius 3 is 2.40 bits per heavy atom. The van der Waals surface area contributed by atoms with Crippen molar-refractivity contribution in [3.63, 3.8) is 0 Å². The molecular weight excluding hydrogens is 592 g/mol. The summed E-state index contributed by atoms with van der Waals surface area (Å²) in [6.45, 7) is 0.534. The number of ether oxygens (including phenoxy) is 2. The highest BCUT2D eigenvalue weighted by molar-refractivity contribution is 6.09. The van der Waals surface area contributed by atoms with E-state index in [4.69, 9.17) is 25.9 Å². The standard InChI is InChI=1S/C42H38N4O2/c43-21-24-47-23-7-6-10-33(27-44)40-35-11-4-5-12-36(35)41(34-18-20-39(46-28-34)42-45-22-25-48-42)38-26-32(17-19-37(38)40)31-15-13-30(14-16-31)29-8-2-1-3-9-29/h1-4,6,8-11,13-22,24-28,42,45H,5,7,12,23,43-44H2/b10-6-,24-21-,33-27+.